The number of methoxy groups -OCH3 is 1. The Hall–Kier alpha value is -1.82. The molecule has 0 bridgehead atoms. The molecular weight excluding hydrogens is 378 g/mol. The molecule has 1 heterocycles. The van der Waals surface area contributed by atoms with E-state index < -0.39 is 0 Å². The van der Waals surface area contributed by atoms with Gasteiger partial charge in [0.2, 0.25) is 11.8 Å². The fraction of sp³-hybridized carbons (Fsp3) is 0.750. The molecular formula is C24H43N3O3. The standard InChI is InChI=1S/C24H43N3O3/c1-8-9-13-26(18-21-11-10-12-25(21)6)23(29)19-27(14-15-30-7)22(28)16-20(2)17-24(3,4)5/h10-12,20H,8-9,13-19H2,1-7H3. The summed E-state index contributed by atoms with van der Waals surface area (Å²) < 4.78 is 7.23. The third-order valence-corrected chi connectivity index (χ3v) is 5.27. The monoisotopic (exact) mass is 421 g/mol. The summed E-state index contributed by atoms with van der Waals surface area (Å²) in [4.78, 5) is 29.7. The maximum atomic E-state index is 13.2. The molecule has 0 aliphatic carbocycles. The molecule has 0 aliphatic rings. The van der Waals surface area contributed by atoms with Gasteiger partial charge in [-0.15, -0.1) is 0 Å². The number of ether oxygens (including phenoxy) is 1. The van der Waals surface area contributed by atoms with Crippen molar-refractivity contribution in [2.45, 2.75) is 66.8 Å². The lowest BCUT2D eigenvalue weighted by Crippen LogP contribution is -2.44. The molecule has 0 spiro atoms. The van der Waals surface area contributed by atoms with E-state index in [0.29, 0.717) is 32.7 Å². The number of carbonyl (C=O) groups is 2. The Balaban J connectivity index is 2.83. The molecule has 30 heavy (non-hydrogen) atoms. The van der Waals surface area contributed by atoms with Gasteiger partial charge < -0.3 is 19.1 Å². The minimum atomic E-state index is -0.00224. The van der Waals surface area contributed by atoms with Crippen molar-refractivity contribution in [1.82, 2.24) is 14.4 Å². The normalized spacial score (nSPS) is 12.6. The van der Waals surface area contributed by atoms with Crippen molar-refractivity contribution >= 4 is 11.8 Å². The molecule has 6 nitrogen and oxygen atoms in total. The van der Waals surface area contributed by atoms with Gasteiger partial charge in [-0.05, 0) is 36.3 Å². The molecule has 0 aromatic carbocycles. The molecule has 1 unspecified atom stereocenters. The maximum Gasteiger partial charge on any atom is 0.242 e. The number of hydrogen-bond acceptors (Lipinski definition) is 3. The Kier molecular flexibility index (Phi) is 11.2. The van der Waals surface area contributed by atoms with Crippen molar-refractivity contribution in [3.63, 3.8) is 0 Å². The van der Waals surface area contributed by atoms with E-state index in [9.17, 15) is 9.59 Å². The van der Waals surface area contributed by atoms with Crippen LogP contribution in [0.3, 0.4) is 0 Å². The summed E-state index contributed by atoms with van der Waals surface area (Å²) in [6.45, 7) is 13.0. The number of aromatic nitrogens is 1. The van der Waals surface area contributed by atoms with Gasteiger partial charge in [0.25, 0.3) is 0 Å². The van der Waals surface area contributed by atoms with Crippen LogP contribution in [-0.4, -0.2) is 59.5 Å². The van der Waals surface area contributed by atoms with Gasteiger partial charge >= 0.3 is 0 Å². The first kappa shape index (κ1) is 26.2. The zero-order chi connectivity index (χ0) is 22.7. The molecule has 0 saturated heterocycles. The molecule has 0 radical (unpaired) electrons. The third-order valence-electron chi connectivity index (χ3n) is 5.27. The van der Waals surface area contributed by atoms with E-state index in [4.69, 9.17) is 4.74 Å². The molecule has 1 rings (SSSR count). The molecule has 0 N–H and O–H groups in total. The smallest absolute Gasteiger partial charge is 0.242 e. The highest BCUT2D eigenvalue weighted by atomic mass is 16.5. The summed E-state index contributed by atoms with van der Waals surface area (Å²) in [6.07, 6.45) is 5.39. The van der Waals surface area contributed by atoms with Crippen LogP contribution in [-0.2, 0) is 27.9 Å². The van der Waals surface area contributed by atoms with Gasteiger partial charge in [-0.2, -0.15) is 0 Å². The van der Waals surface area contributed by atoms with Crippen molar-refractivity contribution in [2.75, 3.05) is 33.4 Å². The van der Waals surface area contributed by atoms with E-state index in [2.05, 4.69) is 34.6 Å². The van der Waals surface area contributed by atoms with Crippen LogP contribution >= 0.6 is 0 Å². The average Bonchev–Trinajstić information content (AvgIpc) is 3.04. The Bertz CT molecular complexity index is 648. The van der Waals surface area contributed by atoms with Gasteiger partial charge in [0.05, 0.1) is 19.7 Å². The first-order valence-electron chi connectivity index (χ1n) is 11.2. The van der Waals surface area contributed by atoms with Crippen molar-refractivity contribution in [3.05, 3.63) is 24.0 Å². The van der Waals surface area contributed by atoms with Gasteiger partial charge in [0, 0.05) is 45.6 Å². The quantitative estimate of drug-likeness (QED) is 0.482. The van der Waals surface area contributed by atoms with Gasteiger partial charge in [-0.1, -0.05) is 41.0 Å². The molecule has 1 atom stereocenters. The van der Waals surface area contributed by atoms with E-state index in [1.807, 2.05) is 34.8 Å². The van der Waals surface area contributed by atoms with E-state index in [-0.39, 0.29) is 29.7 Å². The fourth-order valence-electron chi connectivity index (χ4n) is 3.80. The van der Waals surface area contributed by atoms with E-state index in [1.54, 1.807) is 12.0 Å². The van der Waals surface area contributed by atoms with Gasteiger partial charge in [-0.3, -0.25) is 9.59 Å². The van der Waals surface area contributed by atoms with Crippen LogP contribution in [0.25, 0.3) is 0 Å². The van der Waals surface area contributed by atoms with Crippen molar-refractivity contribution in [3.8, 4) is 0 Å². The lowest BCUT2D eigenvalue weighted by Gasteiger charge is -2.29. The number of rotatable bonds is 13. The predicted octanol–water partition coefficient (Wildman–Crippen LogP) is 4.09. The molecule has 172 valence electrons. The van der Waals surface area contributed by atoms with Crippen LogP contribution < -0.4 is 0 Å². The number of hydrogen-bond donors (Lipinski definition) is 0. The summed E-state index contributed by atoms with van der Waals surface area (Å²) in [5, 5.41) is 0. The Morgan fingerprint density at radius 3 is 2.40 bits per heavy atom. The molecule has 2 amide bonds. The second-order valence-electron chi connectivity index (χ2n) is 9.66. The van der Waals surface area contributed by atoms with Crippen LogP contribution in [0.4, 0.5) is 0 Å². The van der Waals surface area contributed by atoms with Crippen molar-refractivity contribution in [1.29, 1.82) is 0 Å². The van der Waals surface area contributed by atoms with Gasteiger partial charge in [0.15, 0.2) is 0 Å². The van der Waals surface area contributed by atoms with Crippen LogP contribution in [0.1, 0.15) is 66.0 Å². The number of carbonyl (C=O) groups excluding carboxylic acids is 2. The molecule has 0 saturated carbocycles. The van der Waals surface area contributed by atoms with Crippen LogP contribution in [0.2, 0.25) is 0 Å². The predicted molar refractivity (Wildman–Crippen MR) is 122 cm³/mol. The van der Waals surface area contributed by atoms with E-state index in [0.717, 1.165) is 25.0 Å². The van der Waals surface area contributed by atoms with E-state index in [1.165, 1.54) is 0 Å². The third kappa shape index (κ3) is 9.79. The highest BCUT2D eigenvalue weighted by Gasteiger charge is 2.24. The summed E-state index contributed by atoms with van der Waals surface area (Å²) in [6, 6.07) is 4.02. The maximum absolute atomic E-state index is 13.2. The zero-order valence-corrected chi connectivity index (χ0v) is 20.2. The minimum Gasteiger partial charge on any atom is -0.383 e. The molecule has 1 aromatic rings. The lowest BCUT2D eigenvalue weighted by molar-refractivity contribution is -0.142. The molecule has 0 aliphatic heterocycles. The minimum absolute atomic E-state index is 0.00224. The molecule has 6 heteroatoms. The fourth-order valence-corrected chi connectivity index (χ4v) is 3.80. The zero-order valence-electron chi connectivity index (χ0n) is 20.2. The largest absolute Gasteiger partial charge is 0.383 e. The summed E-state index contributed by atoms with van der Waals surface area (Å²) in [5.41, 5.74) is 1.27. The van der Waals surface area contributed by atoms with Crippen LogP contribution in [0, 0.1) is 11.3 Å². The van der Waals surface area contributed by atoms with Crippen molar-refractivity contribution in [2.24, 2.45) is 18.4 Å². The second kappa shape index (κ2) is 12.8. The first-order chi connectivity index (χ1) is 14.1. The highest BCUT2D eigenvalue weighted by molar-refractivity contribution is 5.85. The number of nitrogens with zero attached hydrogens (tertiary/aromatic N) is 3. The van der Waals surface area contributed by atoms with Crippen LogP contribution in [0.5, 0.6) is 0 Å². The first-order valence-corrected chi connectivity index (χ1v) is 11.2. The topological polar surface area (TPSA) is 54.8 Å². The van der Waals surface area contributed by atoms with Gasteiger partial charge in [-0.25, -0.2) is 0 Å². The van der Waals surface area contributed by atoms with Crippen molar-refractivity contribution < 1.29 is 14.3 Å². The number of unbranched alkanes of at least 4 members (excludes halogenated alkanes) is 1. The second-order valence-corrected chi connectivity index (χ2v) is 9.66. The summed E-state index contributed by atoms with van der Waals surface area (Å²) in [7, 11) is 3.61. The lowest BCUT2D eigenvalue weighted by atomic mass is 9.84. The Morgan fingerprint density at radius 1 is 1.17 bits per heavy atom. The number of amides is 2. The Labute approximate surface area is 183 Å². The summed E-state index contributed by atoms with van der Waals surface area (Å²) in [5.74, 6) is 0.307. The molecule has 1 aromatic heterocycles. The summed E-state index contributed by atoms with van der Waals surface area (Å²) >= 11 is 0. The molecule has 0 fully saturated rings. The van der Waals surface area contributed by atoms with Crippen LogP contribution in [0.15, 0.2) is 18.3 Å². The number of aryl methyl sites for hydroxylation is 1. The SMILES string of the molecule is CCCCN(Cc1cccn1C)C(=O)CN(CCOC)C(=O)CC(C)CC(C)(C)C. The Morgan fingerprint density at radius 2 is 1.87 bits per heavy atom. The highest BCUT2D eigenvalue weighted by Crippen LogP contribution is 2.26. The van der Waals surface area contributed by atoms with Gasteiger partial charge in [0.1, 0.15) is 0 Å². The van der Waals surface area contributed by atoms with E-state index >= 15 is 0 Å². The average molecular weight is 422 g/mol.